The second kappa shape index (κ2) is 9.43. The average Bonchev–Trinajstić information content (AvgIpc) is 3.17. The Labute approximate surface area is 208 Å². The summed E-state index contributed by atoms with van der Waals surface area (Å²) in [5.74, 6) is -0.634. The highest BCUT2D eigenvalue weighted by Crippen LogP contribution is 2.48. The minimum absolute atomic E-state index is 0.169. The lowest BCUT2D eigenvalue weighted by molar-refractivity contribution is -0.136. The van der Waals surface area contributed by atoms with Gasteiger partial charge >= 0.3 is 5.97 Å². The zero-order valence-corrected chi connectivity index (χ0v) is 20.3. The third kappa shape index (κ3) is 4.47. The maximum absolute atomic E-state index is 13.4. The molecule has 0 saturated heterocycles. The van der Waals surface area contributed by atoms with E-state index in [9.17, 15) is 14.7 Å². The molecule has 1 N–H and O–H groups in total. The highest BCUT2D eigenvalue weighted by Gasteiger charge is 2.37. The Bertz CT molecular complexity index is 1410. The topological polar surface area (TPSA) is 75.4 Å². The van der Waals surface area contributed by atoms with Crippen molar-refractivity contribution in [1.29, 1.82) is 0 Å². The molecule has 1 atom stereocenters. The SMILES string of the molecule is Cc1cccc(C2SCC(=O)N(CC(=O)O)c3c2c(-c2ccccc2)nn3-c2cccc(C)c2)c1. The van der Waals surface area contributed by atoms with E-state index in [4.69, 9.17) is 5.10 Å². The molecule has 5 rings (SSSR count). The number of carboxylic acid groups (broad SMARTS) is 1. The molecule has 0 fully saturated rings. The number of fused-ring (bicyclic) bond motifs is 1. The van der Waals surface area contributed by atoms with Crippen molar-refractivity contribution in [2.45, 2.75) is 19.1 Å². The number of carbonyl (C=O) groups excluding carboxylic acids is 1. The second-order valence-electron chi connectivity index (χ2n) is 8.68. The normalized spacial score (nSPS) is 15.5. The van der Waals surface area contributed by atoms with Crippen LogP contribution in [-0.2, 0) is 9.59 Å². The standard InChI is InChI=1S/C28H25N3O3S/c1-18-8-6-12-21(14-18)27-25-26(20-10-4-3-5-11-20)29-31(22-13-7-9-19(2)15-22)28(25)30(16-24(33)34)23(32)17-35-27/h3-15,27H,16-17H2,1-2H3,(H,33,34). The second-order valence-corrected chi connectivity index (χ2v) is 9.77. The molecule has 0 saturated carbocycles. The lowest BCUT2D eigenvalue weighted by Gasteiger charge is -2.22. The Morgan fingerprint density at radius 2 is 1.71 bits per heavy atom. The van der Waals surface area contributed by atoms with Gasteiger partial charge in [0.1, 0.15) is 12.4 Å². The van der Waals surface area contributed by atoms with Crippen LogP contribution < -0.4 is 4.90 Å². The van der Waals surface area contributed by atoms with Gasteiger partial charge in [-0.2, -0.15) is 5.10 Å². The maximum atomic E-state index is 13.4. The molecule has 1 aliphatic heterocycles. The van der Waals surface area contributed by atoms with E-state index in [1.165, 1.54) is 16.7 Å². The van der Waals surface area contributed by atoms with Crippen LogP contribution in [0, 0.1) is 13.8 Å². The number of anilines is 1. The summed E-state index contributed by atoms with van der Waals surface area (Å²) in [5.41, 5.74) is 6.51. The van der Waals surface area contributed by atoms with Crippen molar-refractivity contribution >= 4 is 29.5 Å². The van der Waals surface area contributed by atoms with Crippen molar-refractivity contribution in [2.24, 2.45) is 0 Å². The van der Waals surface area contributed by atoms with Crippen molar-refractivity contribution in [3.8, 4) is 16.9 Å². The number of benzene rings is 3. The minimum atomic E-state index is -1.07. The van der Waals surface area contributed by atoms with E-state index < -0.39 is 12.5 Å². The fourth-order valence-electron chi connectivity index (χ4n) is 4.50. The molecule has 6 nitrogen and oxygen atoms in total. The molecule has 2 heterocycles. The summed E-state index contributed by atoms with van der Waals surface area (Å²) < 4.78 is 1.74. The van der Waals surface area contributed by atoms with Gasteiger partial charge in [-0.3, -0.25) is 14.5 Å². The molecule has 7 heteroatoms. The number of carbonyl (C=O) groups is 2. The highest BCUT2D eigenvalue weighted by molar-refractivity contribution is 8.00. The number of rotatable bonds is 5. The first-order valence-electron chi connectivity index (χ1n) is 11.4. The Morgan fingerprint density at radius 3 is 2.40 bits per heavy atom. The lowest BCUT2D eigenvalue weighted by atomic mass is 9.98. The zero-order chi connectivity index (χ0) is 24.5. The summed E-state index contributed by atoms with van der Waals surface area (Å²) in [5, 5.41) is 14.5. The lowest BCUT2D eigenvalue weighted by Crippen LogP contribution is -2.38. The number of thioether (sulfide) groups is 1. The van der Waals surface area contributed by atoms with E-state index in [0.29, 0.717) is 5.82 Å². The predicted octanol–water partition coefficient (Wildman–Crippen LogP) is 5.41. The molecule has 3 aromatic carbocycles. The van der Waals surface area contributed by atoms with Gasteiger partial charge in [-0.25, -0.2) is 4.68 Å². The van der Waals surface area contributed by atoms with E-state index >= 15 is 0 Å². The molecule has 176 valence electrons. The summed E-state index contributed by atoms with van der Waals surface area (Å²) in [6.45, 7) is 3.61. The van der Waals surface area contributed by atoms with Gasteiger partial charge in [-0.15, -0.1) is 11.8 Å². The van der Waals surface area contributed by atoms with E-state index in [1.54, 1.807) is 4.68 Å². The molecule has 1 amide bonds. The molecule has 0 bridgehead atoms. The molecule has 35 heavy (non-hydrogen) atoms. The number of aryl methyl sites for hydroxylation is 2. The zero-order valence-electron chi connectivity index (χ0n) is 19.5. The summed E-state index contributed by atoms with van der Waals surface area (Å²) in [7, 11) is 0. The van der Waals surface area contributed by atoms with Gasteiger partial charge in [0.25, 0.3) is 0 Å². The number of nitrogens with zero attached hydrogens (tertiary/aromatic N) is 3. The van der Waals surface area contributed by atoms with Crippen molar-refractivity contribution < 1.29 is 14.7 Å². The summed E-state index contributed by atoms with van der Waals surface area (Å²) in [4.78, 5) is 26.6. The Morgan fingerprint density at radius 1 is 1.00 bits per heavy atom. The van der Waals surface area contributed by atoms with Crippen molar-refractivity contribution in [1.82, 2.24) is 9.78 Å². The number of hydrogen-bond acceptors (Lipinski definition) is 4. The third-order valence-electron chi connectivity index (χ3n) is 6.02. The van der Waals surface area contributed by atoms with E-state index in [-0.39, 0.29) is 16.9 Å². The molecular formula is C28H25N3O3S. The number of hydrogen-bond donors (Lipinski definition) is 1. The van der Waals surface area contributed by atoms with Gasteiger partial charge in [0.2, 0.25) is 5.91 Å². The van der Waals surface area contributed by atoms with E-state index in [2.05, 4.69) is 12.1 Å². The first-order chi connectivity index (χ1) is 16.9. The summed E-state index contributed by atoms with van der Waals surface area (Å²) in [6.07, 6.45) is 0. The first kappa shape index (κ1) is 22.9. The molecule has 0 spiro atoms. The van der Waals surface area contributed by atoms with Crippen LogP contribution in [0.4, 0.5) is 5.82 Å². The molecular weight excluding hydrogens is 458 g/mol. The fourth-order valence-corrected chi connectivity index (χ4v) is 5.69. The number of aliphatic carboxylic acids is 1. The van der Waals surface area contributed by atoms with Crippen LogP contribution in [0.3, 0.4) is 0 Å². The monoisotopic (exact) mass is 483 g/mol. The van der Waals surface area contributed by atoms with Crippen LogP contribution in [0.25, 0.3) is 16.9 Å². The van der Waals surface area contributed by atoms with Crippen LogP contribution >= 0.6 is 11.8 Å². The van der Waals surface area contributed by atoms with Crippen LogP contribution in [0.5, 0.6) is 0 Å². The summed E-state index contributed by atoms with van der Waals surface area (Å²) in [6, 6.07) is 26.0. The number of aromatic nitrogens is 2. The first-order valence-corrected chi connectivity index (χ1v) is 12.4. The highest BCUT2D eigenvalue weighted by atomic mass is 32.2. The molecule has 0 radical (unpaired) electrons. The van der Waals surface area contributed by atoms with Crippen molar-refractivity contribution in [3.63, 3.8) is 0 Å². The predicted molar refractivity (Wildman–Crippen MR) is 139 cm³/mol. The summed E-state index contributed by atoms with van der Waals surface area (Å²) >= 11 is 1.51. The maximum Gasteiger partial charge on any atom is 0.323 e. The molecule has 0 aliphatic carbocycles. The van der Waals surface area contributed by atoms with Gasteiger partial charge in [-0.1, -0.05) is 72.3 Å². The largest absolute Gasteiger partial charge is 0.480 e. The van der Waals surface area contributed by atoms with Crippen molar-refractivity contribution in [3.05, 3.63) is 101 Å². The van der Waals surface area contributed by atoms with Gasteiger partial charge in [0.05, 0.1) is 22.4 Å². The quantitative estimate of drug-likeness (QED) is 0.411. The van der Waals surface area contributed by atoms with Crippen LogP contribution in [0.2, 0.25) is 0 Å². The Kier molecular flexibility index (Phi) is 6.17. The van der Waals surface area contributed by atoms with E-state index in [1.807, 2.05) is 80.6 Å². The third-order valence-corrected chi connectivity index (χ3v) is 7.28. The van der Waals surface area contributed by atoms with E-state index in [0.717, 1.165) is 39.2 Å². The average molecular weight is 484 g/mol. The number of carboxylic acids is 1. The van der Waals surface area contributed by atoms with Crippen LogP contribution in [-0.4, -0.2) is 39.1 Å². The smallest absolute Gasteiger partial charge is 0.323 e. The Balaban J connectivity index is 1.86. The van der Waals surface area contributed by atoms with Crippen molar-refractivity contribution in [2.75, 3.05) is 17.2 Å². The van der Waals surface area contributed by atoms with Gasteiger partial charge in [0.15, 0.2) is 0 Å². The molecule has 1 unspecified atom stereocenters. The fraction of sp³-hybridized carbons (Fsp3) is 0.179. The molecule has 1 aromatic heterocycles. The van der Waals surface area contributed by atoms with Gasteiger partial charge < -0.3 is 5.11 Å². The number of amides is 1. The molecule has 4 aromatic rings. The van der Waals surface area contributed by atoms with Gasteiger partial charge in [-0.05, 0) is 37.1 Å². The van der Waals surface area contributed by atoms with Crippen LogP contribution in [0.1, 0.15) is 27.5 Å². The minimum Gasteiger partial charge on any atom is -0.480 e. The van der Waals surface area contributed by atoms with Gasteiger partial charge in [0, 0.05) is 11.1 Å². The molecule has 1 aliphatic rings. The van der Waals surface area contributed by atoms with Crippen LogP contribution in [0.15, 0.2) is 78.9 Å². The Hall–Kier alpha value is -3.84.